The van der Waals surface area contributed by atoms with Crippen LogP contribution in [0, 0.1) is 17.1 Å². The Balaban J connectivity index is 1.46. The maximum atomic E-state index is 14.7. The standard InChI is InChI=1S/C33H35ClFN7O4/c1-40-10-3-5-22(40)19-46-33-38-27-17-24(25-15-20(37)16-26(35)30(25)34)23-8-14-45-31(23)29(27)32(39-33)41-11-12-42(21(18-41)7-9-36)28(43)6-4-13-44-2/h4,6,8,14-17,21-22H,3,5,7,10-13,18-19,37H2,1-2H3/b6-4+/t21-,22-/m0/s1. The molecule has 0 radical (unpaired) electrons. The molecule has 46 heavy (non-hydrogen) atoms. The van der Waals surface area contributed by atoms with Crippen LogP contribution in [0.4, 0.5) is 15.9 Å². The topological polar surface area (TPSA) is 134 Å². The monoisotopic (exact) mass is 647 g/mol. The predicted molar refractivity (Wildman–Crippen MR) is 174 cm³/mol. The number of nitrogens with zero attached hydrogens (tertiary/aromatic N) is 6. The molecule has 2 fully saturated rings. The zero-order valence-corrected chi connectivity index (χ0v) is 26.5. The molecule has 0 bridgehead atoms. The van der Waals surface area contributed by atoms with E-state index in [4.69, 9.17) is 41.2 Å². The van der Waals surface area contributed by atoms with E-state index in [9.17, 15) is 14.4 Å². The van der Waals surface area contributed by atoms with E-state index in [1.165, 1.54) is 12.1 Å². The Bertz CT molecular complexity index is 1840. The fraction of sp³-hybridized carbons (Fsp3) is 0.394. The molecule has 2 aromatic heterocycles. The molecule has 13 heteroatoms. The summed E-state index contributed by atoms with van der Waals surface area (Å²) < 4.78 is 32.0. The van der Waals surface area contributed by atoms with Crippen molar-refractivity contribution < 1.29 is 23.1 Å². The number of nitriles is 1. The van der Waals surface area contributed by atoms with Crippen LogP contribution in [-0.2, 0) is 9.53 Å². The first-order valence-corrected chi connectivity index (χ1v) is 15.5. The van der Waals surface area contributed by atoms with Gasteiger partial charge in [-0.25, -0.2) is 4.39 Å². The molecule has 2 N–H and O–H groups in total. The van der Waals surface area contributed by atoms with Crippen LogP contribution in [0.3, 0.4) is 0 Å². The van der Waals surface area contributed by atoms with Gasteiger partial charge in [0, 0.05) is 55.5 Å². The van der Waals surface area contributed by atoms with Crippen molar-refractivity contribution in [2.45, 2.75) is 31.3 Å². The molecule has 0 unspecified atom stereocenters. The lowest BCUT2D eigenvalue weighted by Crippen LogP contribution is -2.55. The van der Waals surface area contributed by atoms with Crippen LogP contribution in [0.5, 0.6) is 6.01 Å². The van der Waals surface area contributed by atoms with E-state index in [0.29, 0.717) is 71.7 Å². The number of amides is 1. The molecule has 0 aliphatic carbocycles. The number of carbonyl (C=O) groups excluding carboxylic acids is 1. The quantitative estimate of drug-likeness (QED) is 0.195. The van der Waals surface area contributed by atoms with Crippen molar-refractivity contribution in [1.82, 2.24) is 19.8 Å². The molecule has 4 heterocycles. The number of nitrogen functional groups attached to an aromatic ring is 1. The van der Waals surface area contributed by atoms with Gasteiger partial charge < -0.3 is 34.3 Å². The van der Waals surface area contributed by atoms with Gasteiger partial charge in [-0.1, -0.05) is 17.7 Å². The van der Waals surface area contributed by atoms with Gasteiger partial charge in [0.25, 0.3) is 0 Å². The number of hydrogen-bond acceptors (Lipinski definition) is 10. The first-order chi connectivity index (χ1) is 22.3. The Morgan fingerprint density at radius 3 is 2.85 bits per heavy atom. The number of benzene rings is 2. The Hall–Kier alpha value is -4.44. The molecule has 2 aromatic carbocycles. The Morgan fingerprint density at radius 1 is 1.24 bits per heavy atom. The van der Waals surface area contributed by atoms with Crippen LogP contribution in [0.25, 0.3) is 33.0 Å². The second kappa shape index (κ2) is 13.5. The molecule has 0 spiro atoms. The summed E-state index contributed by atoms with van der Waals surface area (Å²) >= 11 is 6.46. The van der Waals surface area contributed by atoms with Crippen LogP contribution in [0.1, 0.15) is 19.3 Å². The van der Waals surface area contributed by atoms with E-state index in [1.807, 2.05) is 11.0 Å². The van der Waals surface area contributed by atoms with Gasteiger partial charge in [0.05, 0.1) is 47.3 Å². The number of hydrogen-bond donors (Lipinski definition) is 1. The van der Waals surface area contributed by atoms with Crippen LogP contribution in [0.15, 0.2) is 47.1 Å². The van der Waals surface area contributed by atoms with Crippen molar-refractivity contribution in [1.29, 1.82) is 5.26 Å². The van der Waals surface area contributed by atoms with E-state index in [-0.39, 0.29) is 41.1 Å². The molecule has 11 nitrogen and oxygen atoms in total. The molecule has 2 atom stereocenters. The van der Waals surface area contributed by atoms with Crippen LogP contribution < -0.4 is 15.4 Å². The predicted octanol–water partition coefficient (Wildman–Crippen LogP) is 5.02. The summed E-state index contributed by atoms with van der Waals surface area (Å²) in [7, 11) is 3.63. The summed E-state index contributed by atoms with van der Waals surface area (Å²) in [6, 6.07) is 8.67. The average Bonchev–Trinajstić information content (AvgIpc) is 3.70. The van der Waals surface area contributed by atoms with Gasteiger partial charge >= 0.3 is 6.01 Å². The maximum Gasteiger partial charge on any atom is 0.319 e. The Labute approximate surface area is 270 Å². The number of nitrogens with two attached hydrogens (primary N) is 1. The van der Waals surface area contributed by atoms with Crippen molar-refractivity contribution in [3.8, 4) is 23.2 Å². The molecule has 6 rings (SSSR count). The first kappa shape index (κ1) is 31.5. The number of likely N-dealkylation sites (tertiary alicyclic amines) is 1. The number of methoxy groups -OCH3 is 1. The summed E-state index contributed by atoms with van der Waals surface area (Å²) in [5.41, 5.74) is 8.25. The SMILES string of the molecule is COC/C=C/C(=O)N1CCN(c2nc(OC[C@@H]3CCCN3C)nc3cc(-c4cc(N)cc(F)c4Cl)c4ccoc4c23)C[C@@H]1CC#N. The highest BCUT2D eigenvalue weighted by atomic mass is 35.5. The average molecular weight is 648 g/mol. The van der Waals surface area contributed by atoms with Gasteiger partial charge in [0.1, 0.15) is 23.8 Å². The molecular weight excluding hydrogens is 613 g/mol. The number of halogens is 2. The van der Waals surface area contributed by atoms with Crippen LogP contribution >= 0.6 is 11.6 Å². The van der Waals surface area contributed by atoms with Gasteiger partial charge in [0.15, 0.2) is 0 Å². The molecule has 2 saturated heterocycles. The smallest absolute Gasteiger partial charge is 0.319 e. The first-order valence-electron chi connectivity index (χ1n) is 15.2. The summed E-state index contributed by atoms with van der Waals surface area (Å²) in [6.07, 6.45) is 6.93. The minimum Gasteiger partial charge on any atom is -0.463 e. The maximum absolute atomic E-state index is 14.7. The zero-order valence-electron chi connectivity index (χ0n) is 25.7. The van der Waals surface area contributed by atoms with Crippen LogP contribution in [0.2, 0.25) is 5.02 Å². The highest BCUT2D eigenvalue weighted by Gasteiger charge is 2.32. The zero-order chi connectivity index (χ0) is 32.4. The minimum atomic E-state index is -0.630. The summed E-state index contributed by atoms with van der Waals surface area (Å²) in [5, 5.41) is 10.9. The number of carbonyl (C=O) groups is 1. The van der Waals surface area contributed by atoms with Gasteiger partial charge in [-0.2, -0.15) is 15.2 Å². The molecular formula is C33H35ClFN7O4. The lowest BCUT2D eigenvalue weighted by molar-refractivity contribution is -0.128. The van der Waals surface area contributed by atoms with Crippen LogP contribution in [-0.4, -0.2) is 91.3 Å². The third-order valence-corrected chi connectivity index (χ3v) is 9.08. The van der Waals surface area contributed by atoms with E-state index in [1.54, 1.807) is 36.5 Å². The molecule has 2 aliphatic rings. The minimum absolute atomic E-state index is 0.0641. The highest BCUT2D eigenvalue weighted by Crippen LogP contribution is 2.43. The molecule has 4 aromatic rings. The largest absolute Gasteiger partial charge is 0.463 e. The third-order valence-electron chi connectivity index (χ3n) is 8.69. The Morgan fingerprint density at radius 2 is 2.09 bits per heavy atom. The number of ether oxygens (including phenoxy) is 2. The van der Waals surface area contributed by atoms with E-state index in [2.05, 4.69) is 18.0 Å². The summed E-state index contributed by atoms with van der Waals surface area (Å²) in [5.74, 6) is -0.255. The van der Waals surface area contributed by atoms with Crippen molar-refractivity contribution in [2.24, 2.45) is 0 Å². The molecule has 240 valence electrons. The lowest BCUT2D eigenvalue weighted by atomic mass is 9.98. The van der Waals surface area contributed by atoms with E-state index < -0.39 is 5.82 Å². The molecule has 1 amide bonds. The number of anilines is 2. The van der Waals surface area contributed by atoms with Gasteiger partial charge in [-0.05, 0) is 56.3 Å². The van der Waals surface area contributed by atoms with Crippen molar-refractivity contribution in [3.05, 3.63) is 53.5 Å². The van der Waals surface area contributed by atoms with E-state index >= 15 is 0 Å². The number of piperazine rings is 1. The van der Waals surface area contributed by atoms with Gasteiger partial charge in [-0.15, -0.1) is 0 Å². The lowest BCUT2D eigenvalue weighted by Gasteiger charge is -2.41. The van der Waals surface area contributed by atoms with Crippen molar-refractivity contribution in [2.75, 3.05) is 64.2 Å². The summed E-state index contributed by atoms with van der Waals surface area (Å²) in [6.45, 7) is 2.89. The van der Waals surface area contributed by atoms with Gasteiger partial charge in [-0.3, -0.25) is 4.79 Å². The number of aromatic nitrogens is 2. The fourth-order valence-electron chi connectivity index (χ4n) is 6.34. The summed E-state index contributed by atoms with van der Waals surface area (Å²) in [4.78, 5) is 28.7. The number of fused-ring (bicyclic) bond motifs is 3. The fourth-order valence-corrected chi connectivity index (χ4v) is 6.55. The molecule has 2 aliphatic heterocycles. The number of furan rings is 1. The second-order valence-electron chi connectivity index (χ2n) is 11.6. The Kier molecular flexibility index (Phi) is 9.26. The van der Waals surface area contributed by atoms with Crippen molar-refractivity contribution >= 4 is 50.9 Å². The second-order valence-corrected chi connectivity index (χ2v) is 12.0. The van der Waals surface area contributed by atoms with Crippen molar-refractivity contribution in [3.63, 3.8) is 0 Å². The van der Waals surface area contributed by atoms with E-state index in [0.717, 1.165) is 19.4 Å². The third kappa shape index (κ3) is 6.18. The molecule has 0 saturated carbocycles. The number of likely N-dealkylation sites (N-methyl/N-ethyl adjacent to an activating group) is 1. The number of rotatable bonds is 9. The van der Waals surface area contributed by atoms with Gasteiger partial charge in [0.2, 0.25) is 5.91 Å². The highest BCUT2D eigenvalue weighted by molar-refractivity contribution is 6.34. The normalized spacial score (nSPS) is 19.0.